The van der Waals surface area contributed by atoms with Crippen molar-refractivity contribution in [3.05, 3.63) is 71.3 Å². The fraction of sp³-hybridized carbons (Fsp3) is 0.143. The quantitative estimate of drug-likeness (QED) is 0.480. The number of anilines is 3. The van der Waals surface area contributed by atoms with Gasteiger partial charge in [0.1, 0.15) is 17.5 Å². The summed E-state index contributed by atoms with van der Waals surface area (Å²) in [6, 6.07) is 14.1. The van der Waals surface area contributed by atoms with E-state index in [0.29, 0.717) is 22.7 Å². The lowest BCUT2D eigenvalue weighted by molar-refractivity contribution is 0.581. The maximum absolute atomic E-state index is 13.9. The van der Waals surface area contributed by atoms with Crippen molar-refractivity contribution in [2.45, 2.75) is 19.1 Å². The summed E-state index contributed by atoms with van der Waals surface area (Å²) in [7, 11) is 0. The van der Waals surface area contributed by atoms with Gasteiger partial charge in [-0.2, -0.15) is 9.97 Å². The molecule has 5 rings (SSSR count). The predicted octanol–water partition coefficient (Wildman–Crippen LogP) is 1.78. The van der Waals surface area contributed by atoms with Crippen LogP contribution in [0.3, 0.4) is 0 Å². The summed E-state index contributed by atoms with van der Waals surface area (Å²) in [6.07, 6.45) is 3.18. The van der Waals surface area contributed by atoms with Gasteiger partial charge in [0, 0.05) is 17.1 Å². The molecule has 0 spiro atoms. The number of hydrogen-bond acceptors (Lipinski definition) is 7. The van der Waals surface area contributed by atoms with E-state index < -0.39 is 0 Å². The van der Waals surface area contributed by atoms with Crippen LogP contribution < -0.4 is 26.5 Å². The summed E-state index contributed by atoms with van der Waals surface area (Å²) in [5, 5.41) is 5.21. The number of imidazole rings is 1. The van der Waals surface area contributed by atoms with E-state index >= 15 is 0 Å². The van der Waals surface area contributed by atoms with Gasteiger partial charge in [0.05, 0.1) is 17.7 Å². The van der Waals surface area contributed by atoms with Crippen molar-refractivity contribution in [3.8, 4) is 0 Å². The molecule has 2 aromatic heterocycles. The molecule has 30 heavy (non-hydrogen) atoms. The Morgan fingerprint density at radius 3 is 2.90 bits per heavy atom. The second-order valence-corrected chi connectivity index (χ2v) is 7.08. The molecule has 2 atom stereocenters. The maximum atomic E-state index is 13.9. The normalized spacial score (nSPS) is 16.5. The van der Waals surface area contributed by atoms with Crippen molar-refractivity contribution in [3.63, 3.8) is 0 Å². The second kappa shape index (κ2) is 7.11. The monoisotopic (exact) mass is 402 g/mol. The largest absolute Gasteiger partial charge is 0.368 e. The van der Waals surface area contributed by atoms with Crippen LogP contribution in [0.25, 0.3) is 17.4 Å². The number of nitrogens with zero attached hydrogens (tertiary/aromatic N) is 5. The van der Waals surface area contributed by atoms with Gasteiger partial charge < -0.3 is 20.9 Å². The number of para-hydroxylation sites is 1. The highest BCUT2D eigenvalue weighted by Gasteiger charge is 2.26. The highest BCUT2D eigenvalue weighted by atomic mass is 19.1. The third-order valence-electron chi connectivity index (χ3n) is 4.99. The number of nitrogen functional groups attached to an aromatic ring is 1. The number of halogens is 1. The summed E-state index contributed by atoms with van der Waals surface area (Å²) < 4.78 is 13.9. The van der Waals surface area contributed by atoms with Crippen molar-refractivity contribution in [1.29, 1.82) is 0 Å². The van der Waals surface area contributed by atoms with Crippen molar-refractivity contribution in [2.24, 2.45) is 4.99 Å². The first-order valence-electron chi connectivity index (χ1n) is 9.50. The molecule has 0 saturated carbocycles. The van der Waals surface area contributed by atoms with Crippen molar-refractivity contribution in [1.82, 2.24) is 19.9 Å². The molecule has 1 aliphatic heterocycles. The molecule has 1 aliphatic rings. The minimum atomic E-state index is -0.351. The standard InChI is InChI=1S/C21H19FN8/c1-12(26-19-17-18(25-11-24-17)28-21(23)29-19)20-27-16-8-3-2-5-13(16)10-30(20)15-7-4-6-14(22)9-15/h2-12,20H,1H3,(H4,23,24,25,26,28,29). The summed E-state index contributed by atoms with van der Waals surface area (Å²) in [4.78, 5) is 22.5. The average molecular weight is 402 g/mol. The Hall–Kier alpha value is -4.01. The van der Waals surface area contributed by atoms with Gasteiger partial charge in [0.25, 0.3) is 0 Å². The highest BCUT2D eigenvalue weighted by molar-refractivity contribution is 5.83. The molecule has 8 nitrogen and oxygen atoms in total. The minimum Gasteiger partial charge on any atom is -0.368 e. The molecule has 0 bridgehead atoms. The van der Waals surface area contributed by atoms with Gasteiger partial charge in [0.15, 0.2) is 11.5 Å². The zero-order valence-electron chi connectivity index (χ0n) is 16.1. The van der Waals surface area contributed by atoms with Crippen LogP contribution >= 0.6 is 0 Å². The Morgan fingerprint density at radius 2 is 2.03 bits per heavy atom. The van der Waals surface area contributed by atoms with Crippen LogP contribution in [0, 0.1) is 5.82 Å². The zero-order valence-corrected chi connectivity index (χ0v) is 16.1. The molecule has 0 amide bonds. The first-order valence-corrected chi connectivity index (χ1v) is 9.50. The molecule has 0 radical (unpaired) electrons. The van der Waals surface area contributed by atoms with E-state index in [0.717, 1.165) is 10.6 Å². The maximum Gasteiger partial charge on any atom is 0.224 e. The summed E-state index contributed by atoms with van der Waals surface area (Å²) >= 11 is 0. The van der Waals surface area contributed by atoms with Crippen molar-refractivity contribution in [2.75, 3.05) is 16.0 Å². The molecule has 0 saturated heterocycles. The molecule has 3 heterocycles. The van der Waals surface area contributed by atoms with Gasteiger partial charge in [-0.15, -0.1) is 0 Å². The van der Waals surface area contributed by atoms with E-state index in [1.165, 1.54) is 12.1 Å². The minimum absolute atomic E-state index is 0.128. The first-order chi connectivity index (χ1) is 14.6. The van der Waals surface area contributed by atoms with E-state index in [9.17, 15) is 4.39 Å². The van der Waals surface area contributed by atoms with Crippen molar-refractivity contribution < 1.29 is 4.39 Å². The number of nitrogens with one attached hydrogen (secondary N) is 2. The molecule has 9 heteroatoms. The molecule has 4 N–H and O–H groups in total. The van der Waals surface area contributed by atoms with E-state index in [1.807, 2.05) is 48.4 Å². The fourth-order valence-electron chi connectivity index (χ4n) is 3.61. The second-order valence-electron chi connectivity index (χ2n) is 7.08. The average Bonchev–Trinajstić information content (AvgIpc) is 3.21. The Labute approximate surface area is 171 Å². The molecule has 0 aliphatic carbocycles. The first kappa shape index (κ1) is 18.0. The predicted molar refractivity (Wildman–Crippen MR) is 114 cm³/mol. The molecule has 0 fully saturated rings. The molecular formula is C21H19FN8. The number of hydrogen-bond donors (Lipinski definition) is 3. The third-order valence-corrected chi connectivity index (χ3v) is 4.99. The van der Waals surface area contributed by atoms with Gasteiger partial charge >= 0.3 is 0 Å². The van der Waals surface area contributed by atoms with Crippen LogP contribution in [0.1, 0.15) is 6.92 Å². The fourth-order valence-corrected chi connectivity index (χ4v) is 3.61. The van der Waals surface area contributed by atoms with Gasteiger partial charge in [-0.25, -0.2) is 9.37 Å². The molecule has 2 aromatic carbocycles. The van der Waals surface area contributed by atoms with Crippen LogP contribution in [0.2, 0.25) is 0 Å². The molecule has 150 valence electrons. The van der Waals surface area contributed by atoms with Gasteiger partial charge in [-0.05, 0) is 31.2 Å². The van der Waals surface area contributed by atoms with Gasteiger partial charge in [-0.3, -0.25) is 4.99 Å². The Bertz CT molecular complexity index is 1350. The number of rotatable bonds is 4. The number of nitrogens with two attached hydrogens (primary N) is 1. The Balaban J connectivity index is 1.57. The lowest BCUT2D eigenvalue weighted by Crippen LogP contribution is -2.49. The van der Waals surface area contributed by atoms with E-state index in [-0.39, 0.29) is 24.0 Å². The highest BCUT2D eigenvalue weighted by Crippen LogP contribution is 2.25. The third kappa shape index (κ3) is 3.20. The van der Waals surface area contributed by atoms with Crippen LogP contribution in [0.5, 0.6) is 0 Å². The van der Waals surface area contributed by atoms with Gasteiger partial charge in [0.2, 0.25) is 5.95 Å². The number of H-pyrrole nitrogens is 1. The van der Waals surface area contributed by atoms with Crippen LogP contribution in [0.15, 0.2) is 59.9 Å². The van der Waals surface area contributed by atoms with E-state index in [4.69, 9.17) is 10.7 Å². The number of fused-ring (bicyclic) bond motifs is 2. The number of aromatic amines is 1. The van der Waals surface area contributed by atoms with E-state index in [2.05, 4.69) is 25.3 Å². The van der Waals surface area contributed by atoms with E-state index in [1.54, 1.807) is 12.4 Å². The number of aromatic nitrogens is 4. The van der Waals surface area contributed by atoms with Gasteiger partial charge in [-0.1, -0.05) is 24.3 Å². The topological polar surface area (TPSA) is 108 Å². The van der Waals surface area contributed by atoms with Crippen LogP contribution in [-0.2, 0) is 0 Å². The Kier molecular flexibility index (Phi) is 4.27. The molecule has 2 unspecified atom stereocenters. The summed E-state index contributed by atoms with van der Waals surface area (Å²) in [5.74, 6) is 0.362. The van der Waals surface area contributed by atoms with Crippen molar-refractivity contribution >= 4 is 34.8 Å². The molecular weight excluding hydrogens is 383 g/mol. The van der Waals surface area contributed by atoms with Crippen LogP contribution in [0.4, 0.5) is 21.8 Å². The lowest BCUT2D eigenvalue weighted by atomic mass is 10.1. The Morgan fingerprint density at radius 1 is 1.17 bits per heavy atom. The van der Waals surface area contributed by atoms with Crippen LogP contribution in [-0.4, -0.2) is 32.1 Å². The lowest BCUT2D eigenvalue weighted by Gasteiger charge is -2.34. The zero-order chi connectivity index (χ0) is 20.7. The summed E-state index contributed by atoms with van der Waals surface area (Å²) in [5.41, 5.74) is 7.69. The number of benzene rings is 2. The molecule has 4 aromatic rings. The summed E-state index contributed by atoms with van der Waals surface area (Å²) in [6.45, 7) is 1.99. The smallest absolute Gasteiger partial charge is 0.224 e. The SMILES string of the molecule is CC(Nc1nc(N)nc2nc[nH]c12)C1N=c2ccccc2=CN1c1cccc(F)c1.